The van der Waals surface area contributed by atoms with E-state index >= 15 is 0 Å². The topological polar surface area (TPSA) is 50.4 Å². The number of anilines is 2. The molecular weight excluding hydrogens is 240 g/mol. The van der Waals surface area contributed by atoms with Crippen LogP contribution in [0.5, 0.6) is 0 Å². The van der Waals surface area contributed by atoms with Crippen molar-refractivity contribution in [2.24, 2.45) is 0 Å². The number of carbonyl (C=O) groups is 1. The van der Waals surface area contributed by atoms with Gasteiger partial charge >= 0.3 is 0 Å². The summed E-state index contributed by atoms with van der Waals surface area (Å²) in [6.07, 6.45) is 1.60. The van der Waals surface area contributed by atoms with Crippen molar-refractivity contribution in [3.8, 4) is 0 Å². The molecule has 5 heteroatoms. The maximum atomic E-state index is 11.8. The van der Waals surface area contributed by atoms with Crippen molar-refractivity contribution in [3.05, 3.63) is 23.2 Å². The van der Waals surface area contributed by atoms with Gasteiger partial charge in [0.15, 0.2) is 0 Å². The summed E-state index contributed by atoms with van der Waals surface area (Å²) in [5.41, 5.74) is 1.65. The highest BCUT2D eigenvalue weighted by Crippen LogP contribution is 2.30. The van der Waals surface area contributed by atoms with Crippen LogP contribution < -0.4 is 10.6 Å². The van der Waals surface area contributed by atoms with E-state index in [0.717, 1.165) is 24.2 Å². The molecule has 0 saturated heterocycles. The van der Waals surface area contributed by atoms with E-state index in [-0.39, 0.29) is 11.9 Å². The van der Waals surface area contributed by atoms with Crippen molar-refractivity contribution in [2.45, 2.75) is 18.9 Å². The largest absolute Gasteiger partial charge is 0.385 e. The van der Waals surface area contributed by atoms with E-state index in [0.29, 0.717) is 11.6 Å². The van der Waals surface area contributed by atoms with Crippen molar-refractivity contribution >= 4 is 28.9 Å². The van der Waals surface area contributed by atoms with Gasteiger partial charge in [-0.1, -0.05) is 11.6 Å². The van der Waals surface area contributed by atoms with Crippen molar-refractivity contribution < 1.29 is 9.53 Å². The van der Waals surface area contributed by atoms with Crippen molar-refractivity contribution in [2.75, 3.05) is 24.4 Å². The summed E-state index contributed by atoms with van der Waals surface area (Å²) in [7, 11) is 1.66. The molecule has 1 unspecified atom stereocenters. The number of ether oxygens (including phenoxy) is 1. The maximum Gasteiger partial charge on any atom is 0.246 e. The first-order valence-corrected chi connectivity index (χ1v) is 5.94. The van der Waals surface area contributed by atoms with Crippen LogP contribution in [0, 0.1) is 0 Å². The number of amides is 1. The van der Waals surface area contributed by atoms with E-state index in [1.165, 1.54) is 0 Å². The Bertz CT molecular complexity index is 423. The standard InChI is InChI=1S/C12H15ClN2O2/c1-17-6-2-3-10-12(16)15-11-7-8(13)4-5-9(11)14-10/h4-5,7,10,14H,2-3,6H2,1H3,(H,15,16). The molecule has 4 nitrogen and oxygen atoms in total. The van der Waals surface area contributed by atoms with Crippen molar-refractivity contribution in [3.63, 3.8) is 0 Å². The summed E-state index contributed by atoms with van der Waals surface area (Å²) in [5, 5.41) is 6.67. The molecule has 0 saturated carbocycles. The summed E-state index contributed by atoms with van der Waals surface area (Å²) in [6, 6.07) is 5.23. The second-order valence-corrected chi connectivity index (χ2v) is 4.45. The molecular formula is C12H15ClN2O2. The number of benzene rings is 1. The second kappa shape index (κ2) is 5.38. The number of nitrogens with one attached hydrogen (secondary N) is 2. The third-order valence-electron chi connectivity index (χ3n) is 2.73. The molecule has 1 aromatic rings. The summed E-state index contributed by atoms with van der Waals surface area (Å²) < 4.78 is 4.98. The van der Waals surface area contributed by atoms with Crippen molar-refractivity contribution in [1.82, 2.24) is 0 Å². The minimum atomic E-state index is -0.196. The lowest BCUT2D eigenvalue weighted by atomic mass is 10.1. The monoisotopic (exact) mass is 254 g/mol. The smallest absolute Gasteiger partial charge is 0.246 e. The number of rotatable bonds is 4. The summed E-state index contributed by atoms with van der Waals surface area (Å²) >= 11 is 5.87. The van der Waals surface area contributed by atoms with Gasteiger partial charge in [-0.25, -0.2) is 0 Å². The molecule has 1 aromatic carbocycles. The highest BCUT2D eigenvalue weighted by atomic mass is 35.5. The highest BCUT2D eigenvalue weighted by molar-refractivity contribution is 6.31. The van der Waals surface area contributed by atoms with Crippen LogP contribution in [-0.4, -0.2) is 25.7 Å². The average molecular weight is 255 g/mol. The SMILES string of the molecule is COCCCC1Nc2ccc(Cl)cc2NC1=O. The van der Waals surface area contributed by atoms with Gasteiger partial charge in [-0.15, -0.1) is 0 Å². The minimum absolute atomic E-state index is 0.0177. The molecule has 0 spiro atoms. The fourth-order valence-electron chi connectivity index (χ4n) is 1.85. The van der Waals surface area contributed by atoms with Gasteiger partial charge < -0.3 is 15.4 Å². The van der Waals surface area contributed by atoms with Gasteiger partial charge in [0.05, 0.1) is 11.4 Å². The average Bonchev–Trinajstić information content (AvgIpc) is 2.30. The first-order valence-electron chi connectivity index (χ1n) is 5.56. The normalized spacial score (nSPS) is 18.2. The van der Waals surface area contributed by atoms with Gasteiger partial charge in [-0.05, 0) is 31.0 Å². The Morgan fingerprint density at radius 3 is 3.00 bits per heavy atom. The molecule has 0 aromatic heterocycles. The van der Waals surface area contributed by atoms with Gasteiger partial charge in [-0.2, -0.15) is 0 Å². The van der Waals surface area contributed by atoms with Crippen LogP contribution in [0.25, 0.3) is 0 Å². The number of hydrogen-bond donors (Lipinski definition) is 2. The number of methoxy groups -OCH3 is 1. The van der Waals surface area contributed by atoms with Crippen LogP contribution in [0.1, 0.15) is 12.8 Å². The van der Waals surface area contributed by atoms with Gasteiger partial charge in [0.1, 0.15) is 6.04 Å². The summed E-state index contributed by atoms with van der Waals surface area (Å²) in [6.45, 7) is 0.666. The Labute approximate surface area is 105 Å². The zero-order valence-electron chi connectivity index (χ0n) is 9.63. The predicted molar refractivity (Wildman–Crippen MR) is 68.6 cm³/mol. The molecule has 1 heterocycles. The van der Waals surface area contributed by atoms with E-state index < -0.39 is 0 Å². The van der Waals surface area contributed by atoms with Gasteiger partial charge in [-0.3, -0.25) is 4.79 Å². The molecule has 1 aliphatic rings. The Kier molecular flexibility index (Phi) is 3.86. The molecule has 0 bridgehead atoms. The third-order valence-corrected chi connectivity index (χ3v) is 2.96. The molecule has 0 aliphatic carbocycles. The van der Waals surface area contributed by atoms with Crippen LogP contribution >= 0.6 is 11.6 Å². The van der Waals surface area contributed by atoms with Crippen LogP contribution in [-0.2, 0) is 9.53 Å². The minimum Gasteiger partial charge on any atom is -0.385 e. The molecule has 2 N–H and O–H groups in total. The van der Waals surface area contributed by atoms with Crippen LogP contribution in [0.3, 0.4) is 0 Å². The maximum absolute atomic E-state index is 11.8. The Balaban J connectivity index is 2.05. The highest BCUT2D eigenvalue weighted by Gasteiger charge is 2.24. The molecule has 1 aliphatic heterocycles. The number of fused-ring (bicyclic) bond motifs is 1. The third kappa shape index (κ3) is 2.90. The Morgan fingerprint density at radius 2 is 2.24 bits per heavy atom. The molecule has 1 atom stereocenters. The zero-order chi connectivity index (χ0) is 12.3. The summed E-state index contributed by atoms with van der Waals surface area (Å²) in [4.78, 5) is 11.8. The van der Waals surface area contributed by atoms with Crippen molar-refractivity contribution in [1.29, 1.82) is 0 Å². The lowest BCUT2D eigenvalue weighted by Gasteiger charge is -2.26. The molecule has 1 amide bonds. The fourth-order valence-corrected chi connectivity index (χ4v) is 2.03. The number of halogens is 1. The zero-order valence-corrected chi connectivity index (χ0v) is 10.4. The molecule has 92 valence electrons. The van der Waals surface area contributed by atoms with Gasteiger partial charge in [0.2, 0.25) is 5.91 Å². The quantitative estimate of drug-likeness (QED) is 0.812. The van der Waals surface area contributed by atoms with E-state index in [4.69, 9.17) is 16.3 Å². The van der Waals surface area contributed by atoms with Crippen LogP contribution in [0.2, 0.25) is 5.02 Å². The lowest BCUT2D eigenvalue weighted by Crippen LogP contribution is -2.38. The number of hydrogen-bond acceptors (Lipinski definition) is 3. The lowest BCUT2D eigenvalue weighted by molar-refractivity contribution is -0.117. The molecule has 0 radical (unpaired) electrons. The summed E-state index contributed by atoms with van der Waals surface area (Å²) in [5.74, 6) is -0.0177. The second-order valence-electron chi connectivity index (χ2n) is 4.01. The fraction of sp³-hybridized carbons (Fsp3) is 0.417. The first kappa shape index (κ1) is 12.2. The van der Waals surface area contributed by atoms with E-state index in [9.17, 15) is 4.79 Å². The molecule has 0 fully saturated rings. The van der Waals surface area contributed by atoms with Gasteiger partial charge in [0.25, 0.3) is 0 Å². The first-order chi connectivity index (χ1) is 8.20. The van der Waals surface area contributed by atoms with E-state index in [1.54, 1.807) is 19.2 Å². The number of carbonyl (C=O) groups excluding carboxylic acids is 1. The van der Waals surface area contributed by atoms with E-state index in [2.05, 4.69) is 10.6 Å². The molecule has 17 heavy (non-hydrogen) atoms. The Hall–Kier alpha value is -1.26. The van der Waals surface area contributed by atoms with Gasteiger partial charge in [0, 0.05) is 18.7 Å². The van der Waals surface area contributed by atoms with E-state index in [1.807, 2.05) is 6.07 Å². The predicted octanol–water partition coefficient (Wildman–Crippen LogP) is 2.50. The Morgan fingerprint density at radius 1 is 1.41 bits per heavy atom. The van der Waals surface area contributed by atoms with Crippen LogP contribution in [0.15, 0.2) is 18.2 Å². The molecule has 2 rings (SSSR count). The van der Waals surface area contributed by atoms with Crippen LogP contribution in [0.4, 0.5) is 11.4 Å².